The van der Waals surface area contributed by atoms with Crippen LogP contribution in [0.25, 0.3) is 5.57 Å². The lowest BCUT2D eigenvalue weighted by molar-refractivity contribution is -0.117. The molecular formula is C24H22F3N3O. The maximum absolute atomic E-state index is 13.5. The van der Waals surface area contributed by atoms with Crippen LogP contribution in [-0.2, 0) is 17.8 Å². The first-order chi connectivity index (χ1) is 14.9. The number of benzene rings is 2. The van der Waals surface area contributed by atoms with Crippen LogP contribution in [0.3, 0.4) is 0 Å². The molecule has 1 aromatic heterocycles. The molecule has 0 spiro atoms. The van der Waals surface area contributed by atoms with Crippen molar-refractivity contribution in [3.8, 4) is 0 Å². The summed E-state index contributed by atoms with van der Waals surface area (Å²) in [5.74, 6) is -0.759. The maximum atomic E-state index is 13.5. The summed E-state index contributed by atoms with van der Waals surface area (Å²) in [4.78, 5) is 12.5. The molecule has 0 fully saturated rings. The Balaban J connectivity index is 1.54. The Kier molecular flexibility index (Phi) is 5.93. The van der Waals surface area contributed by atoms with Gasteiger partial charge in [0, 0.05) is 17.3 Å². The molecule has 1 unspecified atom stereocenters. The van der Waals surface area contributed by atoms with Crippen LogP contribution < -0.4 is 5.32 Å². The zero-order valence-electron chi connectivity index (χ0n) is 16.8. The predicted octanol–water partition coefficient (Wildman–Crippen LogP) is 5.07. The number of hydrogen-bond donors (Lipinski definition) is 1. The predicted molar refractivity (Wildman–Crippen MR) is 112 cm³/mol. The second kappa shape index (κ2) is 8.79. The van der Waals surface area contributed by atoms with E-state index in [1.165, 1.54) is 24.3 Å². The van der Waals surface area contributed by atoms with Gasteiger partial charge in [0.1, 0.15) is 0 Å². The highest BCUT2D eigenvalue weighted by Gasteiger charge is 2.35. The monoisotopic (exact) mass is 425 g/mol. The van der Waals surface area contributed by atoms with Gasteiger partial charge in [0.15, 0.2) is 0 Å². The standard InChI is InChI=1S/C24H22F3N3O/c25-24(26,27)20(18-10-5-2-6-11-18)14-23(31)29-21-12-7-13-22-19(21)15-28-30(22)16-17-8-3-1-4-9-17/h1-6,8-11,14-15,21H,7,12-13,16H2,(H,29,31)/b20-14+. The number of carbonyl (C=O) groups is 1. The molecular weight excluding hydrogens is 403 g/mol. The molecule has 0 radical (unpaired) electrons. The minimum Gasteiger partial charge on any atom is -0.346 e. The topological polar surface area (TPSA) is 46.9 Å². The molecule has 0 saturated heterocycles. The summed E-state index contributed by atoms with van der Waals surface area (Å²) < 4.78 is 42.5. The second-order valence-corrected chi connectivity index (χ2v) is 7.57. The fourth-order valence-electron chi connectivity index (χ4n) is 3.95. The Morgan fingerprint density at radius 2 is 1.77 bits per heavy atom. The van der Waals surface area contributed by atoms with Crippen molar-refractivity contribution in [1.29, 1.82) is 0 Å². The van der Waals surface area contributed by atoms with E-state index in [0.29, 0.717) is 19.0 Å². The van der Waals surface area contributed by atoms with Crippen molar-refractivity contribution in [2.75, 3.05) is 0 Å². The third-order valence-electron chi connectivity index (χ3n) is 5.42. The van der Waals surface area contributed by atoms with E-state index in [2.05, 4.69) is 10.4 Å². The minimum absolute atomic E-state index is 0.0369. The van der Waals surface area contributed by atoms with Gasteiger partial charge in [-0.1, -0.05) is 60.7 Å². The van der Waals surface area contributed by atoms with Crippen LogP contribution >= 0.6 is 0 Å². The van der Waals surface area contributed by atoms with Crippen LogP contribution in [0.15, 0.2) is 72.9 Å². The number of nitrogens with one attached hydrogen (secondary N) is 1. The number of carbonyl (C=O) groups excluding carboxylic acids is 1. The molecule has 2 aromatic carbocycles. The van der Waals surface area contributed by atoms with Crippen molar-refractivity contribution in [2.45, 2.75) is 38.0 Å². The van der Waals surface area contributed by atoms with Gasteiger partial charge >= 0.3 is 6.18 Å². The van der Waals surface area contributed by atoms with Crippen molar-refractivity contribution in [2.24, 2.45) is 0 Å². The Morgan fingerprint density at radius 1 is 1.10 bits per heavy atom. The fourth-order valence-corrected chi connectivity index (χ4v) is 3.95. The SMILES string of the molecule is O=C(/C=C(\c1ccccc1)C(F)(F)F)NC1CCCc2c1cnn2Cc1ccccc1. The summed E-state index contributed by atoms with van der Waals surface area (Å²) in [6.07, 6.45) is 0.0500. The molecule has 31 heavy (non-hydrogen) atoms. The number of aromatic nitrogens is 2. The Bertz CT molecular complexity index is 1070. The zero-order chi connectivity index (χ0) is 21.8. The van der Waals surface area contributed by atoms with Crippen molar-refractivity contribution >= 4 is 11.5 Å². The van der Waals surface area contributed by atoms with Crippen LogP contribution in [0.2, 0.25) is 0 Å². The summed E-state index contributed by atoms with van der Waals surface area (Å²) in [6, 6.07) is 16.9. The molecule has 4 rings (SSSR count). The Labute approximate surface area is 178 Å². The molecule has 0 saturated carbocycles. The molecule has 0 aliphatic heterocycles. The van der Waals surface area contributed by atoms with Crippen LogP contribution in [0, 0.1) is 0 Å². The molecule has 7 heteroatoms. The third kappa shape index (κ3) is 4.87. The van der Waals surface area contributed by atoms with Crippen molar-refractivity contribution in [3.63, 3.8) is 0 Å². The van der Waals surface area contributed by atoms with E-state index in [1.807, 2.05) is 35.0 Å². The molecule has 3 aromatic rings. The molecule has 160 valence electrons. The van der Waals surface area contributed by atoms with Gasteiger partial charge in [-0.3, -0.25) is 9.48 Å². The zero-order valence-corrected chi connectivity index (χ0v) is 16.8. The van der Waals surface area contributed by atoms with Gasteiger partial charge < -0.3 is 5.32 Å². The first-order valence-corrected chi connectivity index (χ1v) is 10.1. The number of amides is 1. The fraction of sp³-hybridized carbons (Fsp3) is 0.250. The summed E-state index contributed by atoms with van der Waals surface area (Å²) >= 11 is 0. The van der Waals surface area contributed by atoms with Gasteiger partial charge in [-0.05, 0) is 30.4 Å². The summed E-state index contributed by atoms with van der Waals surface area (Å²) in [5.41, 5.74) is 2.01. The number of rotatable bonds is 5. The number of halogens is 3. The van der Waals surface area contributed by atoms with Gasteiger partial charge in [0.2, 0.25) is 5.91 Å². The second-order valence-electron chi connectivity index (χ2n) is 7.57. The largest absolute Gasteiger partial charge is 0.417 e. The van der Waals surface area contributed by atoms with E-state index in [9.17, 15) is 18.0 Å². The van der Waals surface area contributed by atoms with Gasteiger partial charge in [-0.2, -0.15) is 18.3 Å². The van der Waals surface area contributed by atoms with E-state index in [1.54, 1.807) is 12.3 Å². The average molecular weight is 425 g/mol. The quantitative estimate of drug-likeness (QED) is 0.580. The third-order valence-corrected chi connectivity index (χ3v) is 5.42. The molecule has 1 atom stereocenters. The molecule has 1 aliphatic rings. The van der Waals surface area contributed by atoms with Crippen LogP contribution in [-0.4, -0.2) is 21.9 Å². The lowest BCUT2D eigenvalue weighted by Gasteiger charge is -2.24. The lowest BCUT2D eigenvalue weighted by Crippen LogP contribution is -2.30. The van der Waals surface area contributed by atoms with Crippen molar-refractivity contribution < 1.29 is 18.0 Å². The number of allylic oxidation sites excluding steroid dienone is 1. The van der Waals surface area contributed by atoms with E-state index in [0.717, 1.165) is 29.7 Å². The number of fused-ring (bicyclic) bond motifs is 1. The highest BCUT2D eigenvalue weighted by Crippen LogP contribution is 2.34. The van der Waals surface area contributed by atoms with Crippen LogP contribution in [0.1, 0.15) is 41.3 Å². The molecule has 4 nitrogen and oxygen atoms in total. The van der Waals surface area contributed by atoms with Crippen LogP contribution in [0.4, 0.5) is 13.2 Å². The minimum atomic E-state index is -4.63. The van der Waals surface area contributed by atoms with Crippen LogP contribution in [0.5, 0.6) is 0 Å². The lowest BCUT2D eigenvalue weighted by atomic mass is 9.92. The van der Waals surface area contributed by atoms with E-state index < -0.39 is 17.7 Å². The normalized spacial score (nSPS) is 16.6. The molecule has 1 N–H and O–H groups in total. The van der Waals surface area contributed by atoms with Gasteiger partial charge in [0.05, 0.1) is 24.4 Å². The van der Waals surface area contributed by atoms with Gasteiger partial charge in [0.25, 0.3) is 0 Å². The Hall–Kier alpha value is -3.35. The van der Waals surface area contributed by atoms with E-state index >= 15 is 0 Å². The van der Waals surface area contributed by atoms with E-state index in [4.69, 9.17) is 0 Å². The summed E-state index contributed by atoms with van der Waals surface area (Å²) in [7, 11) is 0. The molecule has 0 bridgehead atoms. The van der Waals surface area contributed by atoms with Crippen molar-refractivity contribution in [1.82, 2.24) is 15.1 Å². The number of nitrogens with zero attached hydrogens (tertiary/aromatic N) is 2. The number of alkyl halides is 3. The molecule has 1 aliphatic carbocycles. The summed E-state index contributed by atoms with van der Waals surface area (Å²) in [6.45, 7) is 0.614. The highest BCUT2D eigenvalue weighted by molar-refractivity contribution is 5.96. The van der Waals surface area contributed by atoms with Crippen molar-refractivity contribution in [3.05, 3.63) is 95.3 Å². The molecule has 1 amide bonds. The maximum Gasteiger partial charge on any atom is 0.417 e. The Morgan fingerprint density at radius 3 is 2.45 bits per heavy atom. The number of hydrogen-bond acceptors (Lipinski definition) is 2. The first-order valence-electron chi connectivity index (χ1n) is 10.1. The highest BCUT2D eigenvalue weighted by atomic mass is 19.4. The van der Waals surface area contributed by atoms with Gasteiger partial charge in [-0.15, -0.1) is 0 Å². The van der Waals surface area contributed by atoms with Gasteiger partial charge in [-0.25, -0.2) is 0 Å². The molecule has 1 heterocycles. The summed E-state index contributed by atoms with van der Waals surface area (Å²) in [5, 5.41) is 7.22. The average Bonchev–Trinajstić information content (AvgIpc) is 3.16. The van der Waals surface area contributed by atoms with E-state index in [-0.39, 0.29) is 11.6 Å². The smallest absolute Gasteiger partial charge is 0.346 e. The first kappa shape index (κ1) is 20.9.